The summed E-state index contributed by atoms with van der Waals surface area (Å²) in [6, 6.07) is 7.67. The second-order valence-corrected chi connectivity index (χ2v) is 6.29. The summed E-state index contributed by atoms with van der Waals surface area (Å²) in [4.78, 5) is 0. The summed E-state index contributed by atoms with van der Waals surface area (Å²) in [5.41, 5.74) is 1.85. The normalized spacial score (nSPS) is 21.1. The summed E-state index contributed by atoms with van der Waals surface area (Å²) in [5, 5.41) is 3.36. The zero-order valence-corrected chi connectivity index (χ0v) is 10.8. The van der Waals surface area contributed by atoms with Crippen LogP contribution in [0, 0.1) is 0 Å². The summed E-state index contributed by atoms with van der Waals surface area (Å²) in [6.45, 7) is 2.06. The van der Waals surface area contributed by atoms with Crippen molar-refractivity contribution in [3.63, 3.8) is 0 Å². The third-order valence-corrected chi connectivity index (χ3v) is 3.56. The van der Waals surface area contributed by atoms with Crippen LogP contribution in [0.2, 0.25) is 0 Å². The lowest BCUT2D eigenvalue weighted by molar-refractivity contribution is 0.462. The highest BCUT2D eigenvalue weighted by atomic mass is 32.2. The number of anilines is 1. The molecule has 1 saturated heterocycles. The van der Waals surface area contributed by atoms with E-state index in [1.807, 2.05) is 12.1 Å². The number of piperidine rings is 1. The van der Waals surface area contributed by atoms with Crippen LogP contribution in [-0.2, 0) is 10.0 Å². The van der Waals surface area contributed by atoms with Crippen molar-refractivity contribution in [2.24, 2.45) is 0 Å². The van der Waals surface area contributed by atoms with Gasteiger partial charge < -0.3 is 5.32 Å². The molecule has 2 N–H and O–H groups in total. The average molecular weight is 254 g/mol. The van der Waals surface area contributed by atoms with Gasteiger partial charge in [-0.05, 0) is 43.0 Å². The van der Waals surface area contributed by atoms with Crippen LogP contribution in [0.3, 0.4) is 0 Å². The molecule has 1 atom stereocenters. The Kier molecular flexibility index (Phi) is 3.69. The van der Waals surface area contributed by atoms with Crippen LogP contribution in [0.5, 0.6) is 0 Å². The summed E-state index contributed by atoms with van der Waals surface area (Å²) >= 11 is 0. The molecule has 0 aliphatic carbocycles. The van der Waals surface area contributed by atoms with Gasteiger partial charge in [-0.1, -0.05) is 12.1 Å². The molecule has 0 aromatic heterocycles. The van der Waals surface area contributed by atoms with Gasteiger partial charge in [-0.3, -0.25) is 4.72 Å². The fraction of sp³-hybridized carbons (Fsp3) is 0.500. The van der Waals surface area contributed by atoms with Crippen molar-refractivity contribution < 1.29 is 8.42 Å². The molecule has 0 radical (unpaired) electrons. The van der Waals surface area contributed by atoms with Crippen molar-refractivity contribution in [1.29, 1.82) is 0 Å². The lowest BCUT2D eigenvalue weighted by Crippen LogP contribution is -2.28. The lowest BCUT2D eigenvalue weighted by atomic mass is 9.91. The van der Waals surface area contributed by atoms with Gasteiger partial charge in [0, 0.05) is 12.2 Å². The topological polar surface area (TPSA) is 58.2 Å². The van der Waals surface area contributed by atoms with Gasteiger partial charge in [-0.2, -0.15) is 0 Å². The third kappa shape index (κ3) is 3.71. The zero-order chi connectivity index (χ0) is 12.3. The van der Waals surface area contributed by atoms with E-state index in [1.54, 1.807) is 6.07 Å². The minimum absolute atomic E-state index is 0.491. The van der Waals surface area contributed by atoms with Gasteiger partial charge in [0.2, 0.25) is 10.0 Å². The van der Waals surface area contributed by atoms with Crippen molar-refractivity contribution in [3.05, 3.63) is 29.8 Å². The van der Waals surface area contributed by atoms with Crippen LogP contribution in [0.4, 0.5) is 5.69 Å². The van der Waals surface area contributed by atoms with E-state index >= 15 is 0 Å². The molecule has 1 aliphatic rings. The molecular formula is C12H18N2O2S. The van der Waals surface area contributed by atoms with E-state index in [4.69, 9.17) is 0 Å². The van der Waals surface area contributed by atoms with Gasteiger partial charge in [-0.25, -0.2) is 8.42 Å². The van der Waals surface area contributed by atoms with Gasteiger partial charge in [0.15, 0.2) is 0 Å². The van der Waals surface area contributed by atoms with Crippen molar-refractivity contribution in [3.8, 4) is 0 Å². The van der Waals surface area contributed by atoms with Crippen molar-refractivity contribution in [2.45, 2.75) is 18.8 Å². The summed E-state index contributed by atoms with van der Waals surface area (Å²) < 4.78 is 24.8. The Morgan fingerprint density at radius 2 is 2.24 bits per heavy atom. The monoisotopic (exact) mass is 254 g/mol. The standard InChI is InChI=1S/C12H18N2O2S/c1-17(15,16)14-12-6-2-4-10(8-12)11-5-3-7-13-9-11/h2,4,6,8,11,13-14H,3,5,7,9H2,1H3. The van der Waals surface area contributed by atoms with E-state index in [0.717, 1.165) is 19.5 Å². The maximum Gasteiger partial charge on any atom is 0.229 e. The summed E-state index contributed by atoms with van der Waals surface area (Å²) in [7, 11) is -3.19. The lowest BCUT2D eigenvalue weighted by Gasteiger charge is -2.23. The van der Waals surface area contributed by atoms with Gasteiger partial charge in [-0.15, -0.1) is 0 Å². The first kappa shape index (κ1) is 12.4. The molecular weight excluding hydrogens is 236 g/mol. The Bertz CT molecular complexity index is 479. The van der Waals surface area contributed by atoms with Gasteiger partial charge in [0.05, 0.1) is 6.26 Å². The van der Waals surface area contributed by atoms with Crippen LogP contribution >= 0.6 is 0 Å². The molecule has 1 aliphatic heterocycles. The van der Waals surface area contributed by atoms with Gasteiger partial charge in [0.1, 0.15) is 0 Å². The van der Waals surface area contributed by atoms with E-state index in [-0.39, 0.29) is 0 Å². The van der Waals surface area contributed by atoms with E-state index in [0.29, 0.717) is 11.6 Å². The van der Waals surface area contributed by atoms with Crippen LogP contribution < -0.4 is 10.0 Å². The Morgan fingerprint density at radius 3 is 2.88 bits per heavy atom. The number of sulfonamides is 1. The minimum atomic E-state index is -3.19. The van der Waals surface area contributed by atoms with Crippen molar-refractivity contribution >= 4 is 15.7 Å². The molecule has 4 nitrogen and oxygen atoms in total. The predicted molar refractivity (Wildman–Crippen MR) is 69.8 cm³/mol. The number of rotatable bonds is 3. The van der Waals surface area contributed by atoms with E-state index in [1.165, 1.54) is 18.2 Å². The number of benzene rings is 1. The SMILES string of the molecule is CS(=O)(=O)Nc1cccc(C2CCCNC2)c1. The molecule has 0 amide bonds. The molecule has 1 unspecified atom stereocenters. The van der Waals surface area contributed by atoms with Crippen LogP contribution in [0.25, 0.3) is 0 Å². The van der Waals surface area contributed by atoms with Crippen LogP contribution in [0.15, 0.2) is 24.3 Å². The molecule has 17 heavy (non-hydrogen) atoms. The Balaban J connectivity index is 2.16. The third-order valence-electron chi connectivity index (χ3n) is 2.96. The molecule has 0 saturated carbocycles. The molecule has 5 heteroatoms. The Morgan fingerprint density at radius 1 is 1.41 bits per heavy atom. The fourth-order valence-electron chi connectivity index (χ4n) is 2.21. The van der Waals surface area contributed by atoms with Crippen molar-refractivity contribution in [2.75, 3.05) is 24.1 Å². The quantitative estimate of drug-likeness (QED) is 0.860. The molecule has 1 heterocycles. The largest absolute Gasteiger partial charge is 0.316 e. The Hall–Kier alpha value is -1.07. The minimum Gasteiger partial charge on any atom is -0.316 e. The second kappa shape index (κ2) is 5.06. The molecule has 1 fully saturated rings. The maximum absolute atomic E-state index is 11.2. The number of hydrogen-bond acceptors (Lipinski definition) is 3. The molecule has 0 bridgehead atoms. The maximum atomic E-state index is 11.2. The molecule has 1 aromatic rings. The first-order valence-corrected chi connectivity index (χ1v) is 7.72. The van der Waals surface area contributed by atoms with E-state index in [9.17, 15) is 8.42 Å². The molecule has 1 aromatic carbocycles. The van der Waals surface area contributed by atoms with Gasteiger partial charge in [0.25, 0.3) is 0 Å². The van der Waals surface area contributed by atoms with Crippen LogP contribution in [0.1, 0.15) is 24.3 Å². The first-order valence-electron chi connectivity index (χ1n) is 5.83. The molecule has 2 rings (SSSR count). The number of nitrogens with one attached hydrogen (secondary N) is 2. The average Bonchev–Trinajstić information content (AvgIpc) is 2.28. The smallest absolute Gasteiger partial charge is 0.229 e. The number of hydrogen-bond donors (Lipinski definition) is 2. The predicted octanol–water partition coefficient (Wildman–Crippen LogP) is 1.53. The first-order chi connectivity index (χ1) is 8.04. The highest BCUT2D eigenvalue weighted by Gasteiger charge is 2.15. The highest BCUT2D eigenvalue weighted by molar-refractivity contribution is 7.92. The van der Waals surface area contributed by atoms with Gasteiger partial charge >= 0.3 is 0 Å². The summed E-state index contributed by atoms with van der Waals surface area (Å²) in [6.07, 6.45) is 3.51. The molecule has 0 spiro atoms. The van der Waals surface area contributed by atoms with E-state index in [2.05, 4.69) is 16.1 Å². The summed E-state index contributed by atoms with van der Waals surface area (Å²) in [5.74, 6) is 0.491. The van der Waals surface area contributed by atoms with Crippen LogP contribution in [-0.4, -0.2) is 27.8 Å². The van der Waals surface area contributed by atoms with Crippen molar-refractivity contribution in [1.82, 2.24) is 5.32 Å². The zero-order valence-electron chi connectivity index (χ0n) is 9.94. The Labute approximate surface area is 102 Å². The fourth-order valence-corrected chi connectivity index (χ4v) is 2.76. The second-order valence-electron chi connectivity index (χ2n) is 4.54. The van der Waals surface area contributed by atoms with E-state index < -0.39 is 10.0 Å². The molecule has 94 valence electrons. The highest BCUT2D eigenvalue weighted by Crippen LogP contribution is 2.25.